The molecule has 0 amide bonds. The molecule has 3 N–H and O–H groups in total. The molecule has 7 nitrogen and oxygen atoms in total. The lowest BCUT2D eigenvalue weighted by atomic mass is 9.93. The molecule has 0 radical (unpaired) electrons. The first-order chi connectivity index (χ1) is 11.9. The highest BCUT2D eigenvalue weighted by atomic mass is 127. The Hall–Kier alpha value is -1.42. The summed E-state index contributed by atoms with van der Waals surface area (Å²) in [4.78, 5) is 14.8. The average Bonchev–Trinajstić information content (AvgIpc) is 2.58. The van der Waals surface area contributed by atoms with Crippen molar-refractivity contribution < 1.29 is 10.0 Å². The number of nitrogens with one attached hydrogen (secondary N) is 2. The molecular formula is C18H31IN4O3. The predicted molar refractivity (Wildman–Crippen MR) is 116 cm³/mol. The second kappa shape index (κ2) is 12.9. The van der Waals surface area contributed by atoms with E-state index in [1.807, 2.05) is 6.92 Å². The van der Waals surface area contributed by atoms with E-state index in [1.165, 1.54) is 12.1 Å². The summed E-state index contributed by atoms with van der Waals surface area (Å²) < 4.78 is 0. The van der Waals surface area contributed by atoms with Crippen molar-refractivity contribution in [3.05, 3.63) is 39.9 Å². The highest BCUT2D eigenvalue weighted by Crippen LogP contribution is 2.18. The molecule has 0 saturated heterocycles. The molecule has 8 heteroatoms. The largest absolute Gasteiger partial charge is 0.388 e. The number of nitro groups is 1. The van der Waals surface area contributed by atoms with Gasteiger partial charge in [-0.25, -0.2) is 4.99 Å². The molecule has 0 atom stereocenters. The maximum Gasteiger partial charge on any atom is 0.269 e. The Morgan fingerprint density at radius 3 is 2.19 bits per heavy atom. The Kier molecular flexibility index (Phi) is 12.2. The van der Waals surface area contributed by atoms with E-state index in [4.69, 9.17) is 0 Å². The van der Waals surface area contributed by atoms with Crippen molar-refractivity contribution in [3.63, 3.8) is 0 Å². The maximum atomic E-state index is 10.7. The van der Waals surface area contributed by atoms with Crippen molar-refractivity contribution in [2.45, 2.75) is 58.6 Å². The van der Waals surface area contributed by atoms with Crippen LogP contribution in [0.4, 0.5) is 5.69 Å². The van der Waals surface area contributed by atoms with Gasteiger partial charge in [0.05, 0.1) is 17.1 Å². The maximum absolute atomic E-state index is 10.7. The molecule has 26 heavy (non-hydrogen) atoms. The predicted octanol–water partition coefficient (Wildman–Crippen LogP) is 3.60. The summed E-state index contributed by atoms with van der Waals surface area (Å²) >= 11 is 0. The van der Waals surface area contributed by atoms with Crippen molar-refractivity contribution in [2.24, 2.45) is 4.99 Å². The zero-order valence-corrected chi connectivity index (χ0v) is 18.2. The lowest BCUT2D eigenvalue weighted by molar-refractivity contribution is -0.384. The Bertz CT molecular complexity index is 558. The van der Waals surface area contributed by atoms with E-state index in [1.54, 1.807) is 12.1 Å². The molecule has 1 rings (SSSR count). The number of nitrogens with zero attached hydrogens (tertiary/aromatic N) is 2. The number of aliphatic hydroxyl groups is 1. The number of hydrogen-bond donors (Lipinski definition) is 3. The number of aliphatic imine (C=N–C) groups is 1. The summed E-state index contributed by atoms with van der Waals surface area (Å²) in [6.45, 7) is 7.68. The van der Waals surface area contributed by atoms with Crippen molar-refractivity contribution in [3.8, 4) is 0 Å². The minimum absolute atomic E-state index is 0. The molecule has 0 spiro atoms. The molecule has 0 saturated carbocycles. The van der Waals surface area contributed by atoms with Crippen LogP contribution < -0.4 is 10.6 Å². The number of nitro benzene ring substituents is 1. The lowest BCUT2D eigenvalue weighted by Crippen LogP contribution is -2.47. The zero-order valence-electron chi connectivity index (χ0n) is 15.8. The Morgan fingerprint density at radius 1 is 1.15 bits per heavy atom. The van der Waals surface area contributed by atoms with Gasteiger partial charge in [0.15, 0.2) is 5.96 Å². The summed E-state index contributed by atoms with van der Waals surface area (Å²) in [6, 6.07) is 6.37. The fourth-order valence-corrected chi connectivity index (χ4v) is 2.72. The van der Waals surface area contributed by atoms with Gasteiger partial charge >= 0.3 is 0 Å². The van der Waals surface area contributed by atoms with Crippen LogP contribution in [0.5, 0.6) is 0 Å². The van der Waals surface area contributed by atoms with Crippen molar-refractivity contribution >= 4 is 35.6 Å². The first-order valence-corrected chi connectivity index (χ1v) is 8.92. The molecular weight excluding hydrogens is 447 g/mol. The van der Waals surface area contributed by atoms with E-state index in [9.17, 15) is 15.2 Å². The van der Waals surface area contributed by atoms with Gasteiger partial charge in [-0.1, -0.05) is 38.8 Å². The van der Waals surface area contributed by atoms with E-state index in [2.05, 4.69) is 29.5 Å². The second-order valence-corrected chi connectivity index (χ2v) is 6.20. The van der Waals surface area contributed by atoms with E-state index in [0.29, 0.717) is 25.6 Å². The van der Waals surface area contributed by atoms with Crippen LogP contribution in [0.1, 0.15) is 52.0 Å². The van der Waals surface area contributed by atoms with Crippen LogP contribution in [0.2, 0.25) is 0 Å². The first kappa shape index (κ1) is 24.6. The average molecular weight is 478 g/mol. The summed E-state index contributed by atoms with van der Waals surface area (Å²) in [6.07, 6.45) is 3.34. The van der Waals surface area contributed by atoms with Crippen LogP contribution in [0, 0.1) is 10.1 Å². The van der Waals surface area contributed by atoms with E-state index >= 15 is 0 Å². The van der Waals surface area contributed by atoms with Crippen LogP contribution >= 0.6 is 24.0 Å². The minimum atomic E-state index is -0.729. The lowest BCUT2D eigenvalue weighted by Gasteiger charge is -2.28. The molecule has 0 unspecified atom stereocenters. The quantitative estimate of drug-likeness (QED) is 0.157. The van der Waals surface area contributed by atoms with E-state index < -0.39 is 10.5 Å². The summed E-state index contributed by atoms with van der Waals surface area (Å²) in [5.41, 5.74) is 0.231. The highest BCUT2D eigenvalue weighted by Gasteiger charge is 2.24. The number of benzene rings is 1. The third kappa shape index (κ3) is 8.79. The van der Waals surface area contributed by atoms with Gasteiger partial charge in [0.1, 0.15) is 0 Å². The molecule has 0 aromatic heterocycles. The zero-order chi connectivity index (χ0) is 18.7. The molecule has 148 valence electrons. The third-order valence-corrected chi connectivity index (χ3v) is 3.93. The van der Waals surface area contributed by atoms with Crippen LogP contribution in [0.3, 0.4) is 0 Å². The summed E-state index contributed by atoms with van der Waals surface area (Å²) in [7, 11) is 0. The van der Waals surface area contributed by atoms with Crippen LogP contribution in [-0.4, -0.2) is 34.7 Å². The van der Waals surface area contributed by atoms with Crippen molar-refractivity contribution in [1.82, 2.24) is 10.6 Å². The Balaban J connectivity index is 0.00000625. The number of non-ortho nitro benzene ring substituents is 1. The number of hydrogen-bond acceptors (Lipinski definition) is 4. The number of rotatable bonds is 10. The van der Waals surface area contributed by atoms with Crippen molar-refractivity contribution in [1.29, 1.82) is 0 Å². The third-order valence-electron chi connectivity index (χ3n) is 3.93. The standard InChI is InChI=1S/C18H30N4O3.HI/c1-4-11-18(23,12-5-2)14-21-17(19-6-3)20-13-15-7-9-16(10-8-15)22(24)25;/h7-10,23H,4-6,11-14H2,1-3H3,(H2,19,20,21);1H. The van der Waals surface area contributed by atoms with Crippen molar-refractivity contribution in [2.75, 3.05) is 13.1 Å². The smallest absolute Gasteiger partial charge is 0.269 e. The number of halogens is 1. The molecule has 0 heterocycles. The van der Waals surface area contributed by atoms with Gasteiger partial charge in [0, 0.05) is 25.2 Å². The van der Waals surface area contributed by atoms with Gasteiger partial charge in [-0.15, -0.1) is 24.0 Å². The molecule has 1 aromatic carbocycles. The molecule has 0 aliphatic carbocycles. The van der Waals surface area contributed by atoms with E-state index in [0.717, 1.165) is 31.2 Å². The van der Waals surface area contributed by atoms with Crippen LogP contribution in [-0.2, 0) is 6.54 Å². The molecule has 0 aliphatic rings. The SMILES string of the molecule is CCCC(O)(CCC)CNC(=NCc1ccc([N+](=O)[O-])cc1)NCC.I. The fraction of sp³-hybridized carbons (Fsp3) is 0.611. The van der Waals surface area contributed by atoms with Gasteiger partial charge < -0.3 is 15.7 Å². The highest BCUT2D eigenvalue weighted by molar-refractivity contribution is 14.0. The van der Waals surface area contributed by atoms with Crippen LogP contribution in [0.15, 0.2) is 29.3 Å². The number of guanidine groups is 1. The minimum Gasteiger partial charge on any atom is -0.388 e. The van der Waals surface area contributed by atoms with Gasteiger partial charge in [-0.2, -0.15) is 0 Å². The second-order valence-electron chi connectivity index (χ2n) is 6.20. The monoisotopic (exact) mass is 478 g/mol. The first-order valence-electron chi connectivity index (χ1n) is 8.92. The summed E-state index contributed by atoms with van der Waals surface area (Å²) in [5.74, 6) is 0.631. The Labute approximate surface area is 172 Å². The summed E-state index contributed by atoms with van der Waals surface area (Å²) in [5, 5.41) is 27.7. The van der Waals surface area contributed by atoms with E-state index in [-0.39, 0.29) is 29.7 Å². The van der Waals surface area contributed by atoms with Gasteiger partial charge in [-0.3, -0.25) is 10.1 Å². The molecule has 0 fully saturated rings. The van der Waals surface area contributed by atoms with Gasteiger partial charge in [-0.05, 0) is 25.3 Å². The van der Waals surface area contributed by atoms with Gasteiger partial charge in [0.2, 0.25) is 0 Å². The van der Waals surface area contributed by atoms with Gasteiger partial charge in [0.25, 0.3) is 5.69 Å². The normalized spacial score (nSPS) is 11.6. The Morgan fingerprint density at radius 2 is 1.73 bits per heavy atom. The topological polar surface area (TPSA) is 99.8 Å². The fourth-order valence-electron chi connectivity index (χ4n) is 2.72. The molecule has 0 bridgehead atoms. The molecule has 1 aromatic rings. The molecule has 0 aliphatic heterocycles. The van der Waals surface area contributed by atoms with Crippen LogP contribution in [0.25, 0.3) is 0 Å².